The summed E-state index contributed by atoms with van der Waals surface area (Å²) in [6, 6.07) is 13.2. The van der Waals surface area contributed by atoms with Gasteiger partial charge in [-0.05, 0) is 23.3 Å². The van der Waals surface area contributed by atoms with Crippen LogP contribution in [0.25, 0.3) is 4.85 Å². The maximum Gasteiger partial charge on any atom is 0.242 e. The number of hydrogen-bond acceptors (Lipinski definition) is 3. The van der Waals surface area contributed by atoms with E-state index in [1.54, 1.807) is 36.2 Å². The smallest absolute Gasteiger partial charge is 0.242 e. The standard InChI is InChI=1S/C21H22FN3O2/c1-23-19-9-5-17(6-10-19)14-25-11-12-27-15-20(25)21(26)24(2)13-16-3-7-18(22)8-4-16/h3-10,20H,11-15H2,2H3/t20-/m1/s1. The highest BCUT2D eigenvalue weighted by Crippen LogP contribution is 2.18. The van der Waals surface area contributed by atoms with E-state index in [4.69, 9.17) is 11.3 Å². The molecule has 5 nitrogen and oxygen atoms in total. The molecule has 27 heavy (non-hydrogen) atoms. The summed E-state index contributed by atoms with van der Waals surface area (Å²) in [5.74, 6) is -0.305. The molecule has 1 heterocycles. The van der Waals surface area contributed by atoms with Crippen LogP contribution in [0.3, 0.4) is 0 Å². The van der Waals surface area contributed by atoms with E-state index >= 15 is 0 Å². The van der Waals surface area contributed by atoms with Crippen LogP contribution in [0.15, 0.2) is 48.5 Å². The molecule has 3 rings (SSSR count). The number of hydrogen-bond donors (Lipinski definition) is 0. The normalized spacial score (nSPS) is 17.3. The molecule has 0 N–H and O–H groups in total. The topological polar surface area (TPSA) is 37.1 Å². The van der Waals surface area contributed by atoms with Crippen molar-refractivity contribution in [1.82, 2.24) is 9.80 Å². The van der Waals surface area contributed by atoms with Gasteiger partial charge in [0.05, 0.1) is 19.8 Å². The summed E-state index contributed by atoms with van der Waals surface area (Å²) in [4.78, 5) is 20.1. The molecule has 1 atom stereocenters. The van der Waals surface area contributed by atoms with Crippen molar-refractivity contribution in [2.24, 2.45) is 0 Å². The summed E-state index contributed by atoms with van der Waals surface area (Å²) < 4.78 is 18.6. The average molecular weight is 367 g/mol. The summed E-state index contributed by atoms with van der Waals surface area (Å²) >= 11 is 0. The SMILES string of the molecule is [C-]#[N+]c1ccc(CN2CCOC[C@@H]2C(=O)N(C)Cc2ccc(F)cc2)cc1. The molecule has 0 aliphatic carbocycles. The molecule has 0 bridgehead atoms. The number of amides is 1. The van der Waals surface area contributed by atoms with Crippen LogP contribution in [0, 0.1) is 12.4 Å². The molecule has 0 spiro atoms. The van der Waals surface area contributed by atoms with Crippen molar-refractivity contribution < 1.29 is 13.9 Å². The Morgan fingerprint density at radius 3 is 2.56 bits per heavy atom. The lowest BCUT2D eigenvalue weighted by molar-refractivity contribution is -0.142. The number of ether oxygens (including phenoxy) is 1. The second kappa shape index (κ2) is 8.76. The van der Waals surface area contributed by atoms with Crippen molar-refractivity contribution in [3.05, 3.63) is 76.9 Å². The molecule has 1 fully saturated rings. The molecule has 140 valence electrons. The Kier molecular flexibility index (Phi) is 6.17. The first-order valence-electron chi connectivity index (χ1n) is 8.84. The van der Waals surface area contributed by atoms with Gasteiger partial charge in [0.1, 0.15) is 11.9 Å². The van der Waals surface area contributed by atoms with Crippen LogP contribution >= 0.6 is 0 Å². The van der Waals surface area contributed by atoms with Crippen LogP contribution in [0.5, 0.6) is 0 Å². The highest BCUT2D eigenvalue weighted by molar-refractivity contribution is 5.82. The molecule has 0 radical (unpaired) electrons. The lowest BCUT2D eigenvalue weighted by atomic mass is 10.1. The number of rotatable bonds is 5. The molecule has 1 amide bonds. The molecule has 6 heteroatoms. The van der Waals surface area contributed by atoms with Crippen molar-refractivity contribution in [3.8, 4) is 0 Å². The van der Waals surface area contributed by atoms with Crippen LogP contribution in [-0.2, 0) is 22.6 Å². The Labute approximate surface area is 158 Å². The Hall–Kier alpha value is -2.75. The number of carbonyl (C=O) groups is 1. The fraction of sp³-hybridized carbons (Fsp3) is 0.333. The molecular weight excluding hydrogens is 345 g/mol. The van der Waals surface area contributed by atoms with Crippen molar-refractivity contribution in [3.63, 3.8) is 0 Å². The van der Waals surface area contributed by atoms with Gasteiger partial charge in [0.2, 0.25) is 5.91 Å². The van der Waals surface area contributed by atoms with Gasteiger partial charge in [-0.15, -0.1) is 0 Å². The van der Waals surface area contributed by atoms with E-state index in [2.05, 4.69) is 9.74 Å². The van der Waals surface area contributed by atoms with Gasteiger partial charge in [-0.1, -0.05) is 36.4 Å². The van der Waals surface area contributed by atoms with Crippen molar-refractivity contribution in [2.45, 2.75) is 19.1 Å². The third-order valence-electron chi connectivity index (χ3n) is 4.68. The van der Waals surface area contributed by atoms with E-state index < -0.39 is 0 Å². The van der Waals surface area contributed by atoms with E-state index in [-0.39, 0.29) is 17.8 Å². The van der Waals surface area contributed by atoms with Gasteiger partial charge in [0.25, 0.3) is 0 Å². The van der Waals surface area contributed by atoms with E-state index in [9.17, 15) is 9.18 Å². The average Bonchev–Trinajstić information content (AvgIpc) is 2.70. The predicted molar refractivity (Wildman–Crippen MR) is 101 cm³/mol. The number of benzene rings is 2. The summed E-state index contributed by atoms with van der Waals surface area (Å²) in [7, 11) is 1.75. The summed E-state index contributed by atoms with van der Waals surface area (Å²) in [5, 5.41) is 0. The third kappa shape index (κ3) is 4.91. The molecule has 2 aromatic carbocycles. The molecule has 0 saturated carbocycles. The van der Waals surface area contributed by atoms with E-state index in [0.717, 1.165) is 11.1 Å². The maximum atomic E-state index is 13.1. The number of morpholine rings is 1. The number of likely N-dealkylation sites (N-methyl/N-ethyl adjacent to an activating group) is 1. The van der Waals surface area contributed by atoms with Gasteiger partial charge in [0, 0.05) is 26.7 Å². The molecule has 1 saturated heterocycles. The van der Waals surface area contributed by atoms with E-state index in [1.165, 1.54) is 12.1 Å². The maximum absolute atomic E-state index is 13.1. The monoisotopic (exact) mass is 367 g/mol. The molecular formula is C21H22FN3O2. The third-order valence-corrected chi connectivity index (χ3v) is 4.68. The largest absolute Gasteiger partial charge is 0.378 e. The van der Waals surface area contributed by atoms with Crippen molar-refractivity contribution in [1.29, 1.82) is 0 Å². The first-order valence-corrected chi connectivity index (χ1v) is 8.84. The summed E-state index contributed by atoms with van der Waals surface area (Å²) in [6.45, 7) is 9.70. The van der Waals surface area contributed by atoms with Crippen LogP contribution in [0.2, 0.25) is 0 Å². The second-order valence-electron chi connectivity index (χ2n) is 6.66. The zero-order chi connectivity index (χ0) is 19.2. The summed E-state index contributed by atoms with van der Waals surface area (Å²) in [6.07, 6.45) is 0. The Balaban J connectivity index is 1.66. The molecule has 0 unspecified atom stereocenters. The van der Waals surface area contributed by atoms with Gasteiger partial charge < -0.3 is 9.64 Å². The Bertz CT molecular complexity index is 815. The molecule has 0 aromatic heterocycles. The van der Waals surface area contributed by atoms with Gasteiger partial charge in [-0.2, -0.15) is 0 Å². The lowest BCUT2D eigenvalue weighted by Crippen LogP contribution is -2.53. The minimum atomic E-state index is -0.357. The molecule has 1 aliphatic rings. The second-order valence-corrected chi connectivity index (χ2v) is 6.66. The lowest BCUT2D eigenvalue weighted by Gasteiger charge is -2.36. The minimum absolute atomic E-state index is 0.0168. The zero-order valence-electron chi connectivity index (χ0n) is 15.3. The first kappa shape index (κ1) is 19.0. The summed E-state index contributed by atoms with van der Waals surface area (Å²) in [5.41, 5.74) is 2.54. The van der Waals surface area contributed by atoms with E-state index in [0.29, 0.717) is 38.5 Å². The van der Waals surface area contributed by atoms with Crippen LogP contribution < -0.4 is 0 Å². The number of carbonyl (C=O) groups excluding carboxylic acids is 1. The Morgan fingerprint density at radius 1 is 1.22 bits per heavy atom. The predicted octanol–water partition coefficient (Wildman–Crippen LogP) is 3.24. The minimum Gasteiger partial charge on any atom is -0.378 e. The van der Waals surface area contributed by atoms with Crippen LogP contribution in [0.4, 0.5) is 10.1 Å². The highest BCUT2D eigenvalue weighted by Gasteiger charge is 2.31. The first-order chi connectivity index (χ1) is 13.1. The van der Waals surface area contributed by atoms with Gasteiger partial charge in [-0.3, -0.25) is 9.69 Å². The molecule has 2 aromatic rings. The number of nitrogens with zero attached hydrogens (tertiary/aromatic N) is 3. The Morgan fingerprint density at radius 2 is 1.89 bits per heavy atom. The van der Waals surface area contributed by atoms with Crippen molar-refractivity contribution >= 4 is 11.6 Å². The van der Waals surface area contributed by atoms with Crippen LogP contribution in [-0.4, -0.2) is 48.6 Å². The van der Waals surface area contributed by atoms with Gasteiger partial charge in [0.15, 0.2) is 5.69 Å². The van der Waals surface area contributed by atoms with Gasteiger partial charge in [-0.25, -0.2) is 9.24 Å². The van der Waals surface area contributed by atoms with Gasteiger partial charge >= 0.3 is 0 Å². The molecule has 1 aliphatic heterocycles. The van der Waals surface area contributed by atoms with E-state index in [1.807, 2.05) is 12.1 Å². The fourth-order valence-corrected chi connectivity index (χ4v) is 3.16. The fourth-order valence-electron chi connectivity index (χ4n) is 3.16. The zero-order valence-corrected chi connectivity index (χ0v) is 15.3. The quantitative estimate of drug-likeness (QED) is 0.762. The van der Waals surface area contributed by atoms with Crippen LogP contribution in [0.1, 0.15) is 11.1 Å². The number of halogens is 1. The highest BCUT2D eigenvalue weighted by atomic mass is 19.1. The van der Waals surface area contributed by atoms with Crippen molar-refractivity contribution in [2.75, 3.05) is 26.8 Å².